The van der Waals surface area contributed by atoms with Gasteiger partial charge in [0.15, 0.2) is 0 Å². The second-order valence-electron chi connectivity index (χ2n) is 14.8. The van der Waals surface area contributed by atoms with Gasteiger partial charge in [-0.05, 0) is 64.2 Å². The maximum atomic E-state index is 13.1. The molecule has 0 bridgehead atoms. The predicted octanol–water partition coefficient (Wildman–Crippen LogP) is 12.5. The summed E-state index contributed by atoms with van der Waals surface area (Å²) in [4.78, 5) is 25.9. The molecule has 1 amide bonds. The summed E-state index contributed by atoms with van der Waals surface area (Å²) in [7, 11) is 0. The lowest BCUT2D eigenvalue weighted by molar-refractivity contribution is -0.151. The summed E-state index contributed by atoms with van der Waals surface area (Å²) in [5, 5.41) is 23.5. The van der Waals surface area contributed by atoms with Crippen LogP contribution in [0.3, 0.4) is 0 Å². The normalized spacial score (nSPS) is 14.0. The van der Waals surface area contributed by atoms with E-state index in [-0.39, 0.29) is 24.9 Å². The van der Waals surface area contributed by atoms with Crippen molar-refractivity contribution >= 4 is 11.9 Å². The Labute approximate surface area is 327 Å². The molecule has 0 aliphatic rings. The first-order valence-corrected chi connectivity index (χ1v) is 22.1. The number of rotatable bonds is 38. The molecule has 3 atom stereocenters. The third kappa shape index (κ3) is 36.3. The number of carbonyl (C=O) groups excluding carboxylic acids is 2. The molecular weight excluding hydrogens is 659 g/mol. The second kappa shape index (κ2) is 40.7. The van der Waals surface area contributed by atoms with Gasteiger partial charge in [-0.1, -0.05) is 184 Å². The average Bonchev–Trinajstić information content (AvgIpc) is 3.15. The minimum Gasteiger partial charge on any atom is -0.462 e. The van der Waals surface area contributed by atoms with Crippen molar-refractivity contribution in [1.29, 1.82) is 0 Å². The summed E-state index contributed by atoms with van der Waals surface area (Å²) in [6.45, 7) is 6.27. The molecule has 0 rings (SSSR count). The van der Waals surface area contributed by atoms with Crippen LogP contribution in [0.5, 0.6) is 0 Å². The first kappa shape index (κ1) is 50.6. The molecule has 0 aliphatic carbocycles. The van der Waals surface area contributed by atoms with Crippen molar-refractivity contribution in [3.63, 3.8) is 0 Å². The zero-order valence-electron chi connectivity index (χ0n) is 34.6. The van der Waals surface area contributed by atoms with Gasteiger partial charge in [0, 0.05) is 6.42 Å². The number of aliphatic hydroxyl groups excluding tert-OH is 2. The topological polar surface area (TPSA) is 95.9 Å². The Morgan fingerprint density at radius 3 is 1.62 bits per heavy atom. The van der Waals surface area contributed by atoms with Crippen LogP contribution in [-0.4, -0.2) is 46.9 Å². The van der Waals surface area contributed by atoms with Gasteiger partial charge in [-0.15, -0.1) is 0 Å². The maximum Gasteiger partial charge on any atom is 0.306 e. The minimum absolute atomic E-state index is 0.0241. The fraction of sp³-hybridized carbons (Fsp3) is 0.745. The Morgan fingerprint density at radius 2 is 1.06 bits per heavy atom. The van der Waals surface area contributed by atoms with E-state index in [0.29, 0.717) is 19.3 Å². The number of hydrogen-bond donors (Lipinski definition) is 3. The van der Waals surface area contributed by atoms with E-state index in [1.54, 1.807) is 0 Å². The molecule has 0 saturated heterocycles. The second-order valence-corrected chi connectivity index (χ2v) is 14.8. The zero-order valence-corrected chi connectivity index (χ0v) is 34.6. The van der Waals surface area contributed by atoms with Crippen molar-refractivity contribution in [2.24, 2.45) is 0 Å². The quantitative estimate of drug-likeness (QED) is 0.0253. The van der Waals surface area contributed by atoms with Crippen LogP contribution in [0.1, 0.15) is 201 Å². The Kier molecular flexibility index (Phi) is 38.9. The van der Waals surface area contributed by atoms with E-state index in [2.05, 4.69) is 50.4 Å². The van der Waals surface area contributed by atoms with Crippen molar-refractivity contribution < 1.29 is 24.5 Å². The van der Waals surface area contributed by atoms with Gasteiger partial charge >= 0.3 is 5.97 Å². The minimum atomic E-state index is -0.805. The zero-order chi connectivity index (χ0) is 38.9. The molecule has 0 heterocycles. The van der Waals surface area contributed by atoms with Crippen molar-refractivity contribution in [3.8, 4) is 0 Å². The summed E-state index contributed by atoms with van der Waals surface area (Å²) < 4.78 is 5.84. The highest BCUT2D eigenvalue weighted by molar-refractivity contribution is 5.77. The number of amides is 1. The molecule has 0 aromatic carbocycles. The molecule has 6 nitrogen and oxygen atoms in total. The van der Waals surface area contributed by atoms with Crippen LogP contribution in [0, 0.1) is 0 Å². The summed E-state index contributed by atoms with van der Waals surface area (Å²) in [5.41, 5.74) is 0. The molecule has 3 unspecified atom stereocenters. The van der Waals surface area contributed by atoms with Crippen LogP contribution in [0.15, 0.2) is 60.8 Å². The fourth-order valence-electron chi connectivity index (χ4n) is 6.32. The van der Waals surface area contributed by atoms with Crippen molar-refractivity contribution in [2.45, 2.75) is 219 Å². The number of hydrogen-bond acceptors (Lipinski definition) is 5. The third-order valence-electron chi connectivity index (χ3n) is 9.68. The highest BCUT2D eigenvalue weighted by atomic mass is 16.5. The first-order chi connectivity index (χ1) is 26.0. The first-order valence-electron chi connectivity index (χ1n) is 22.1. The molecule has 53 heavy (non-hydrogen) atoms. The summed E-state index contributed by atoms with van der Waals surface area (Å²) in [5.74, 6) is -0.567. The van der Waals surface area contributed by atoms with Gasteiger partial charge in [-0.25, -0.2) is 0 Å². The Hall–Kier alpha value is -2.44. The number of carbonyl (C=O) groups is 2. The lowest BCUT2D eigenvalue weighted by Crippen LogP contribution is -2.46. The number of ether oxygens (including phenoxy) is 1. The van der Waals surface area contributed by atoms with Crippen molar-refractivity contribution in [3.05, 3.63) is 60.8 Å². The highest BCUT2D eigenvalue weighted by Gasteiger charge is 2.23. The van der Waals surface area contributed by atoms with E-state index in [0.717, 1.165) is 70.6 Å². The van der Waals surface area contributed by atoms with Crippen LogP contribution in [0.4, 0.5) is 0 Å². The summed E-state index contributed by atoms with van der Waals surface area (Å²) in [6.07, 6.45) is 48.6. The molecule has 306 valence electrons. The largest absolute Gasteiger partial charge is 0.462 e. The summed E-state index contributed by atoms with van der Waals surface area (Å²) >= 11 is 0. The lowest BCUT2D eigenvalue weighted by atomic mass is 10.0. The average molecular weight is 742 g/mol. The molecule has 0 radical (unpaired) electrons. The molecule has 0 aromatic rings. The molecule has 0 fully saturated rings. The predicted molar refractivity (Wildman–Crippen MR) is 227 cm³/mol. The fourth-order valence-corrected chi connectivity index (χ4v) is 6.32. The number of unbranched alkanes of at least 4 members (excludes halogenated alkanes) is 19. The SMILES string of the molecule is CC/C=C/C=C/C=C\C=C/CCCC(CC(=O)NC(CO)C(O)CCCCCCCCCCCC)OC(=O)CCCCC/C=C\CCCCCCCC. The molecule has 0 aromatic heterocycles. The molecule has 3 N–H and O–H groups in total. The van der Waals surface area contributed by atoms with Crippen LogP contribution in [-0.2, 0) is 14.3 Å². The van der Waals surface area contributed by atoms with Crippen molar-refractivity contribution in [1.82, 2.24) is 5.32 Å². The van der Waals surface area contributed by atoms with Crippen LogP contribution >= 0.6 is 0 Å². The van der Waals surface area contributed by atoms with Gasteiger partial charge in [-0.3, -0.25) is 9.59 Å². The lowest BCUT2D eigenvalue weighted by Gasteiger charge is -2.24. The number of allylic oxidation sites excluding steroid dienone is 10. The molecule has 0 aliphatic heterocycles. The maximum absolute atomic E-state index is 13.1. The van der Waals surface area contributed by atoms with Gasteiger partial charge in [0.25, 0.3) is 0 Å². The van der Waals surface area contributed by atoms with E-state index >= 15 is 0 Å². The molecular formula is C47H83NO5. The van der Waals surface area contributed by atoms with E-state index in [1.807, 2.05) is 36.5 Å². The Morgan fingerprint density at radius 1 is 0.566 bits per heavy atom. The van der Waals surface area contributed by atoms with E-state index < -0.39 is 18.2 Å². The Bertz CT molecular complexity index is 968. The smallest absolute Gasteiger partial charge is 0.306 e. The van der Waals surface area contributed by atoms with Crippen LogP contribution in [0.2, 0.25) is 0 Å². The van der Waals surface area contributed by atoms with Crippen LogP contribution in [0.25, 0.3) is 0 Å². The van der Waals surface area contributed by atoms with Gasteiger partial charge in [-0.2, -0.15) is 0 Å². The third-order valence-corrected chi connectivity index (χ3v) is 9.68. The summed E-state index contributed by atoms with van der Waals surface area (Å²) in [6, 6.07) is -0.724. The van der Waals surface area contributed by atoms with Gasteiger partial charge in [0.2, 0.25) is 5.91 Å². The number of nitrogens with one attached hydrogen (secondary N) is 1. The van der Waals surface area contributed by atoms with E-state index in [9.17, 15) is 19.8 Å². The number of aliphatic hydroxyl groups is 2. The van der Waals surface area contributed by atoms with E-state index in [1.165, 1.54) is 83.5 Å². The van der Waals surface area contributed by atoms with Gasteiger partial charge in [0.05, 0.1) is 25.2 Å². The highest BCUT2D eigenvalue weighted by Crippen LogP contribution is 2.16. The molecule has 6 heteroatoms. The van der Waals surface area contributed by atoms with Crippen LogP contribution < -0.4 is 5.32 Å². The molecule has 0 saturated carbocycles. The standard InChI is InChI=1S/C47H83NO5/c1-4-7-10-13-16-19-22-23-25-28-31-34-37-40-47(52)53-43(38-35-32-29-26-24-20-17-14-11-8-5-2)41-46(51)48-44(42-49)45(50)39-36-33-30-27-21-18-15-12-9-6-3/h8,11,14,17,20,23-26,29,43-45,49-50H,4-7,9-10,12-13,15-16,18-19,21-22,27-28,30-42H2,1-3H3,(H,48,51)/b11-8+,17-14+,24-20-,25-23-,29-26-. The van der Waals surface area contributed by atoms with Crippen molar-refractivity contribution in [2.75, 3.05) is 6.61 Å². The number of esters is 1. The Balaban J connectivity index is 4.72. The van der Waals surface area contributed by atoms with Gasteiger partial charge < -0.3 is 20.3 Å². The van der Waals surface area contributed by atoms with Gasteiger partial charge in [0.1, 0.15) is 6.10 Å². The monoisotopic (exact) mass is 742 g/mol. The van der Waals surface area contributed by atoms with E-state index in [4.69, 9.17) is 4.74 Å². The molecule has 0 spiro atoms.